The number of hydrogen-bond donors (Lipinski definition) is 0. The van der Waals surface area contributed by atoms with E-state index < -0.39 is 4.92 Å². The predicted octanol–water partition coefficient (Wildman–Crippen LogP) is 3.55. The van der Waals surface area contributed by atoms with Crippen molar-refractivity contribution in [1.29, 1.82) is 0 Å². The lowest BCUT2D eigenvalue weighted by molar-refractivity contribution is -0.389. The van der Waals surface area contributed by atoms with E-state index in [-0.39, 0.29) is 24.3 Å². The van der Waals surface area contributed by atoms with E-state index in [2.05, 4.69) is 21.0 Å². The van der Waals surface area contributed by atoms with Crippen molar-refractivity contribution in [3.05, 3.63) is 56.7 Å². The molecule has 0 saturated heterocycles. The highest BCUT2D eigenvalue weighted by molar-refractivity contribution is 9.10. The van der Waals surface area contributed by atoms with Crippen molar-refractivity contribution < 1.29 is 9.72 Å². The standard InChI is InChI=1S/C16H19BrN4O3/c1-3-9-20(12(2)13-6-4-5-7-14(13)17)16(22)11-19-10-8-15(18-19)21(23)24/h4-8,10,12H,3,9,11H2,1-2H3. The second-order valence-corrected chi connectivity index (χ2v) is 6.27. The van der Waals surface area contributed by atoms with Crippen LogP contribution in [0.1, 0.15) is 31.9 Å². The summed E-state index contributed by atoms with van der Waals surface area (Å²) in [6.45, 7) is 4.55. The fourth-order valence-corrected chi connectivity index (χ4v) is 3.14. The maximum atomic E-state index is 12.7. The van der Waals surface area contributed by atoms with Crippen molar-refractivity contribution in [3.63, 3.8) is 0 Å². The van der Waals surface area contributed by atoms with Crippen LogP contribution in [0.15, 0.2) is 41.0 Å². The Morgan fingerprint density at radius 3 is 2.71 bits per heavy atom. The molecule has 7 nitrogen and oxygen atoms in total. The SMILES string of the molecule is CCCN(C(=O)Cn1ccc([N+](=O)[O-])n1)C(C)c1ccccc1Br. The van der Waals surface area contributed by atoms with E-state index in [1.807, 2.05) is 38.1 Å². The van der Waals surface area contributed by atoms with Gasteiger partial charge in [-0.25, -0.2) is 0 Å². The second kappa shape index (κ2) is 8.05. The van der Waals surface area contributed by atoms with Crippen LogP contribution in [0.3, 0.4) is 0 Å². The number of carbonyl (C=O) groups is 1. The topological polar surface area (TPSA) is 81.3 Å². The Morgan fingerprint density at radius 2 is 2.12 bits per heavy atom. The molecule has 0 fully saturated rings. The van der Waals surface area contributed by atoms with Gasteiger partial charge in [0.15, 0.2) is 0 Å². The molecule has 1 aromatic heterocycles. The van der Waals surface area contributed by atoms with Gasteiger partial charge in [-0.15, -0.1) is 0 Å². The zero-order valence-electron chi connectivity index (χ0n) is 13.6. The summed E-state index contributed by atoms with van der Waals surface area (Å²) in [7, 11) is 0. The van der Waals surface area contributed by atoms with Crippen molar-refractivity contribution in [2.45, 2.75) is 32.9 Å². The van der Waals surface area contributed by atoms with Gasteiger partial charge < -0.3 is 15.0 Å². The van der Waals surface area contributed by atoms with Crippen molar-refractivity contribution in [2.24, 2.45) is 0 Å². The average molecular weight is 395 g/mol. The Bertz CT molecular complexity index is 732. The molecule has 8 heteroatoms. The molecule has 24 heavy (non-hydrogen) atoms. The third kappa shape index (κ3) is 4.19. The molecule has 0 aliphatic rings. The molecule has 1 unspecified atom stereocenters. The first-order valence-corrected chi connectivity index (χ1v) is 8.45. The minimum atomic E-state index is -0.575. The lowest BCUT2D eigenvalue weighted by Gasteiger charge is -2.29. The van der Waals surface area contributed by atoms with E-state index in [4.69, 9.17) is 0 Å². The number of halogens is 1. The molecule has 0 aliphatic heterocycles. The number of rotatable bonds is 7. The first-order valence-electron chi connectivity index (χ1n) is 7.65. The average Bonchev–Trinajstić information content (AvgIpc) is 3.01. The van der Waals surface area contributed by atoms with Crippen LogP contribution in [-0.2, 0) is 11.3 Å². The molecule has 0 aliphatic carbocycles. The number of hydrogen-bond acceptors (Lipinski definition) is 4. The summed E-state index contributed by atoms with van der Waals surface area (Å²) in [5.74, 6) is -0.387. The van der Waals surface area contributed by atoms with Gasteiger partial charge in [0.1, 0.15) is 6.54 Å². The van der Waals surface area contributed by atoms with E-state index >= 15 is 0 Å². The third-order valence-corrected chi connectivity index (χ3v) is 4.44. The minimum Gasteiger partial charge on any atom is -0.358 e. The van der Waals surface area contributed by atoms with Gasteiger partial charge in [-0.3, -0.25) is 4.79 Å². The summed E-state index contributed by atoms with van der Waals surface area (Å²) in [6.07, 6.45) is 2.27. The molecule has 0 saturated carbocycles. The van der Waals surface area contributed by atoms with Crippen molar-refractivity contribution in [1.82, 2.24) is 14.7 Å². The van der Waals surface area contributed by atoms with E-state index in [9.17, 15) is 14.9 Å². The summed E-state index contributed by atoms with van der Waals surface area (Å²) < 4.78 is 2.25. The largest absolute Gasteiger partial charge is 0.389 e. The van der Waals surface area contributed by atoms with Gasteiger partial charge in [0.05, 0.1) is 23.4 Å². The van der Waals surface area contributed by atoms with Gasteiger partial charge in [-0.05, 0) is 29.9 Å². The first-order chi connectivity index (χ1) is 11.4. The molecule has 1 amide bonds. The van der Waals surface area contributed by atoms with Crippen LogP contribution in [0.5, 0.6) is 0 Å². The van der Waals surface area contributed by atoms with Crippen LogP contribution in [0.2, 0.25) is 0 Å². The van der Waals surface area contributed by atoms with Crippen LogP contribution >= 0.6 is 15.9 Å². The maximum absolute atomic E-state index is 12.7. The molecular formula is C16H19BrN4O3. The van der Waals surface area contributed by atoms with Gasteiger partial charge in [-0.2, -0.15) is 4.68 Å². The van der Waals surface area contributed by atoms with E-state index in [1.165, 1.54) is 16.9 Å². The number of nitro groups is 1. The molecule has 0 radical (unpaired) electrons. The highest BCUT2D eigenvalue weighted by Gasteiger charge is 2.24. The molecule has 0 bridgehead atoms. The fraction of sp³-hybridized carbons (Fsp3) is 0.375. The smallest absolute Gasteiger partial charge is 0.358 e. The molecule has 0 N–H and O–H groups in total. The predicted molar refractivity (Wildman–Crippen MR) is 93.4 cm³/mol. The van der Waals surface area contributed by atoms with Crippen LogP contribution in [0, 0.1) is 10.1 Å². The number of aromatic nitrogens is 2. The molecular weight excluding hydrogens is 376 g/mol. The minimum absolute atomic E-state index is 0.0252. The van der Waals surface area contributed by atoms with Crippen molar-refractivity contribution in [3.8, 4) is 0 Å². The normalized spacial score (nSPS) is 12.0. The molecule has 1 atom stereocenters. The Labute approximate surface area is 148 Å². The third-order valence-electron chi connectivity index (χ3n) is 3.72. The lowest BCUT2D eigenvalue weighted by Crippen LogP contribution is -2.37. The quantitative estimate of drug-likeness (QED) is 0.530. The zero-order valence-corrected chi connectivity index (χ0v) is 15.1. The van der Waals surface area contributed by atoms with Crippen LogP contribution in [0.4, 0.5) is 5.82 Å². The van der Waals surface area contributed by atoms with E-state index in [0.717, 1.165) is 16.5 Å². The fourth-order valence-electron chi connectivity index (χ4n) is 2.52. The number of carbonyl (C=O) groups excluding carboxylic acids is 1. The van der Waals surface area contributed by atoms with Crippen LogP contribution in [-0.4, -0.2) is 32.1 Å². The van der Waals surface area contributed by atoms with Crippen molar-refractivity contribution >= 4 is 27.7 Å². The van der Waals surface area contributed by atoms with E-state index in [1.54, 1.807) is 4.90 Å². The molecule has 1 heterocycles. The van der Waals surface area contributed by atoms with E-state index in [0.29, 0.717) is 6.54 Å². The second-order valence-electron chi connectivity index (χ2n) is 5.41. The van der Waals surface area contributed by atoms with Gasteiger partial charge in [0.2, 0.25) is 5.91 Å². The maximum Gasteiger partial charge on any atom is 0.389 e. The summed E-state index contributed by atoms with van der Waals surface area (Å²) in [5.41, 5.74) is 1.02. The van der Waals surface area contributed by atoms with Gasteiger partial charge in [0.25, 0.3) is 0 Å². The molecule has 0 spiro atoms. The summed E-state index contributed by atoms with van der Waals surface area (Å²) >= 11 is 3.52. The first kappa shape index (κ1) is 18.1. The summed E-state index contributed by atoms with van der Waals surface area (Å²) in [5, 5.41) is 14.5. The highest BCUT2D eigenvalue weighted by atomic mass is 79.9. The lowest BCUT2D eigenvalue weighted by atomic mass is 10.1. The van der Waals surface area contributed by atoms with Gasteiger partial charge >= 0.3 is 5.82 Å². The Balaban J connectivity index is 2.17. The molecule has 128 valence electrons. The summed E-state index contributed by atoms with van der Waals surface area (Å²) in [6, 6.07) is 8.95. The van der Waals surface area contributed by atoms with Gasteiger partial charge in [-0.1, -0.05) is 41.1 Å². The number of benzene rings is 1. The molecule has 2 rings (SSSR count). The Kier molecular flexibility index (Phi) is 6.08. The highest BCUT2D eigenvalue weighted by Crippen LogP contribution is 2.28. The zero-order chi connectivity index (χ0) is 17.7. The Morgan fingerprint density at radius 1 is 1.42 bits per heavy atom. The van der Waals surface area contributed by atoms with Crippen molar-refractivity contribution in [2.75, 3.05) is 6.54 Å². The monoisotopic (exact) mass is 394 g/mol. The van der Waals surface area contributed by atoms with Gasteiger partial charge in [0, 0.05) is 11.0 Å². The molecule has 1 aromatic carbocycles. The number of amides is 1. The van der Waals surface area contributed by atoms with Crippen LogP contribution in [0.25, 0.3) is 0 Å². The molecule has 2 aromatic rings. The van der Waals surface area contributed by atoms with Crippen LogP contribution < -0.4 is 0 Å². The Hall–Kier alpha value is -2.22. The number of nitrogens with zero attached hydrogens (tertiary/aromatic N) is 4. The summed E-state index contributed by atoms with van der Waals surface area (Å²) in [4.78, 5) is 24.6.